The van der Waals surface area contributed by atoms with Gasteiger partial charge in [-0.05, 0) is 42.0 Å². The first-order valence-electron chi connectivity index (χ1n) is 9.17. The van der Waals surface area contributed by atoms with Gasteiger partial charge in [0.15, 0.2) is 5.13 Å². The Bertz CT molecular complexity index is 1150. The van der Waals surface area contributed by atoms with Crippen LogP contribution in [0.4, 0.5) is 5.13 Å². The number of hydrogen-bond donors (Lipinski definition) is 2. The Balaban J connectivity index is 1.54. The van der Waals surface area contributed by atoms with Crippen molar-refractivity contribution in [1.82, 2.24) is 15.0 Å². The zero-order chi connectivity index (χ0) is 20.4. The fourth-order valence-corrected chi connectivity index (χ4v) is 3.72. The number of hydrogen-bond acceptors (Lipinski definition) is 6. The van der Waals surface area contributed by atoms with Crippen molar-refractivity contribution in [2.45, 2.75) is 19.3 Å². The summed E-state index contributed by atoms with van der Waals surface area (Å²) in [4.78, 5) is 26.5. The summed E-state index contributed by atoms with van der Waals surface area (Å²) >= 11 is 1.34. The SMILES string of the molecule is CC(C)(CO)c1ccc(C(=O)Nc2nc3ccc(-c4ccncc4)nc3s2)cc1. The Hall–Kier alpha value is -3.16. The Labute approximate surface area is 172 Å². The number of thiazole rings is 1. The maximum atomic E-state index is 12.6. The predicted molar refractivity (Wildman–Crippen MR) is 115 cm³/mol. The van der Waals surface area contributed by atoms with E-state index in [9.17, 15) is 9.90 Å². The molecule has 3 heterocycles. The van der Waals surface area contributed by atoms with Gasteiger partial charge in [0, 0.05) is 28.9 Å². The number of fused-ring (bicyclic) bond motifs is 1. The van der Waals surface area contributed by atoms with Crippen molar-refractivity contribution in [2.75, 3.05) is 11.9 Å². The van der Waals surface area contributed by atoms with Crippen molar-refractivity contribution in [1.29, 1.82) is 0 Å². The third-order valence-electron chi connectivity index (χ3n) is 4.78. The lowest BCUT2D eigenvalue weighted by molar-refractivity contribution is 0.102. The van der Waals surface area contributed by atoms with Gasteiger partial charge in [0.2, 0.25) is 0 Å². The predicted octanol–water partition coefficient (Wildman–Crippen LogP) is 4.28. The van der Waals surface area contributed by atoms with Crippen LogP contribution < -0.4 is 5.32 Å². The zero-order valence-electron chi connectivity index (χ0n) is 16.1. The van der Waals surface area contributed by atoms with E-state index < -0.39 is 0 Å². The molecule has 6 nitrogen and oxygen atoms in total. The molecule has 146 valence electrons. The van der Waals surface area contributed by atoms with Gasteiger partial charge in [0.25, 0.3) is 5.91 Å². The van der Waals surface area contributed by atoms with Gasteiger partial charge in [-0.1, -0.05) is 37.3 Å². The van der Waals surface area contributed by atoms with Gasteiger partial charge in [0.1, 0.15) is 10.3 Å². The highest BCUT2D eigenvalue weighted by Gasteiger charge is 2.20. The molecular weight excluding hydrogens is 384 g/mol. The van der Waals surface area contributed by atoms with Crippen LogP contribution in [-0.2, 0) is 5.41 Å². The summed E-state index contributed by atoms with van der Waals surface area (Å²) in [6.07, 6.45) is 3.46. The van der Waals surface area contributed by atoms with Crippen molar-refractivity contribution >= 4 is 32.7 Å². The number of amides is 1. The molecule has 0 aliphatic heterocycles. The minimum absolute atomic E-state index is 0.0404. The second-order valence-corrected chi connectivity index (χ2v) is 8.33. The number of nitrogens with one attached hydrogen (secondary N) is 1. The summed E-state index contributed by atoms with van der Waals surface area (Å²) < 4.78 is 0. The summed E-state index contributed by atoms with van der Waals surface area (Å²) in [7, 11) is 0. The summed E-state index contributed by atoms with van der Waals surface area (Å²) in [5.74, 6) is -0.230. The number of nitrogens with zero attached hydrogens (tertiary/aromatic N) is 3. The average Bonchev–Trinajstić information content (AvgIpc) is 3.15. The van der Waals surface area contributed by atoms with Crippen LogP contribution >= 0.6 is 11.3 Å². The van der Waals surface area contributed by atoms with E-state index >= 15 is 0 Å². The maximum absolute atomic E-state index is 12.6. The molecule has 0 fully saturated rings. The molecule has 29 heavy (non-hydrogen) atoms. The van der Waals surface area contributed by atoms with Crippen LogP contribution in [0, 0.1) is 0 Å². The molecule has 0 bridgehead atoms. The maximum Gasteiger partial charge on any atom is 0.257 e. The van der Waals surface area contributed by atoms with Gasteiger partial charge in [-0.25, -0.2) is 9.97 Å². The number of aliphatic hydroxyl groups is 1. The van der Waals surface area contributed by atoms with Gasteiger partial charge >= 0.3 is 0 Å². The molecule has 2 N–H and O–H groups in total. The molecule has 0 spiro atoms. The quantitative estimate of drug-likeness (QED) is 0.518. The lowest BCUT2D eigenvalue weighted by Gasteiger charge is -2.22. The van der Waals surface area contributed by atoms with Crippen LogP contribution in [0.1, 0.15) is 29.8 Å². The van der Waals surface area contributed by atoms with Gasteiger partial charge in [0.05, 0.1) is 12.3 Å². The minimum Gasteiger partial charge on any atom is -0.395 e. The van der Waals surface area contributed by atoms with Crippen LogP contribution in [0.2, 0.25) is 0 Å². The Morgan fingerprint density at radius 2 is 1.76 bits per heavy atom. The number of rotatable bonds is 5. The molecule has 0 aliphatic carbocycles. The van der Waals surface area contributed by atoms with Crippen molar-refractivity contribution in [3.63, 3.8) is 0 Å². The van der Waals surface area contributed by atoms with E-state index in [1.807, 2.05) is 50.2 Å². The molecule has 0 radical (unpaired) electrons. The lowest BCUT2D eigenvalue weighted by Crippen LogP contribution is -2.22. The average molecular weight is 404 g/mol. The van der Waals surface area contributed by atoms with E-state index in [1.54, 1.807) is 24.5 Å². The zero-order valence-corrected chi connectivity index (χ0v) is 16.9. The number of aliphatic hydroxyl groups excluding tert-OH is 1. The Morgan fingerprint density at radius 1 is 1.03 bits per heavy atom. The fraction of sp³-hybridized carbons (Fsp3) is 0.182. The monoisotopic (exact) mass is 404 g/mol. The van der Waals surface area contributed by atoms with Crippen LogP contribution in [-0.4, -0.2) is 32.6 Å². The second kappa shape index (κ2) is 7.69. The standard InChI is InChI=1S/C22H20N4O2S/c1-22(2,13-27)16-5-3-15(4-6-16)19(28)26-21-25-18-8-7-17(24-20(18)29-21)14-9-11-23-12-10-14/h3-12,27H,13H2,1-2H3,(H,25,26,28). The van der Waals surface area contributed by atoms with E-state index in [0.29, 0.717) is 10.7 Å². The normalized spacial score (nSPS) is 11.6. The number of anilines is 1. The van der Waals surface area contributed by atoms with Crippen LogP contribution in [0.25, 0.3) is 21.6 Å². The van der Waals surface area contributed by atoms with Crippen molar-refractivity contribution in [3.8, 4) is 11.3 Å². The summed E-state index contributed by atoms with van der Waals surface area (Å²) in [6, 6.07) is 14.9. The van der Waals surface area contributed by atoms with Crippen LogP contribution in [0.3, 0.4) is 0 Å². The highest BCUT2D eigenvalue weighted by molar-refractivity contribution is 7.22. The van der Waals surface area contributed by atoms with E-state index in [4.69, 9.17) is 0 Å². The first-order valence-corrected chi connectivity index (χ1v) is 9.99. The molecule has 0 saturated heterocycles. The van der Waals surface area contributed by atoms with Crippen molar-refractivity contribution < 1.29 is 9.90 Å². The molecular formula is C22H20N4O2S. The highest BCUT2D eigenvalue weighted by Crippen LogP contribution is 2.28. The first-order chi connectivity index (χ1) is 14.0. The van der Waals surface area contributed by atoms with Crippen molar-refractivity contribution in [3.05, 3.63) is 72.1 Å². The molecule has 1 aromatic carbocycles. The third-order valence-corrected chi connectivity index (χ3v) is 5.66. The molecule has 0 unspecified atom stereocenters. The largest absolute Gasteiger partial charge is 0.395 e. The number of benzene rings is 1. The molecule has 4 aromatic rings. The topological polar surface area (TPSA) is 88.0 Å². The Kier molecular flexibility index (Phi) is 5.08. The fourth-order valence-electron chi connectivity index (χ4n) is 2.89. The van der Waals surface area contributed by atoms with Crippen molar-refractivity contribution in [2.24, 2.45) is 0 Å². The number of pyridine rings is 2. The molecule has 1 amide bonds. The van der Waals surface area contributed by atoms with E-state index in [1.165, 1.54) is 11.3 Å². The van der Waals surface area contributed by atoms with Gasteiger partial charge in [-0.15, -0.1) is 0 Å². The molecule has 0 aliphatic rings. The van der Waals surface area contributed by atoms with Gasteiger partial charge < -0.3 is 5.11 Å². The van der Waals surface area contributed by atoms with Crippen LogP contribution in [0.15, 0.2) is 60.9 Å². The molecule has 3 aromatic heterocycles. The van der Waals surface area contributed by atoms with E-state index in [2.05, 4.69) is 20.3 Å². The number of carbonyl (C=O) groups is 1. The molecule has 4 rings (SSSR count). The lowest BCUT2D eigenvalue weighted by atomic mass is 9.85. The third kappa shape index (κ3) is 4.01. The summed E-state index contributed by atoms with van der Waals surface area (Å²) in [5.41, 5.74) is 3.72. The highest BCUT2D eigenvalue weighted by atomic mass is 32.1. The Morgan fingerprint density at radius 3 is 2.45 bits per heavy atom. The van der Waals surface area contributed by atoms with E-state index in [-0.39, 0.29) is 17.9 Å². The first kappa shape index (κ1) is 19.2. The van der Waals surface area contributed by atoms with Crippen LogP contribution in [0.5, 0.6) is 0 Å². The summed E-state index contributed by atoms with van der Waals surface area (Å²) in [5, 5.41) is 12.8. The molecule has 7 heteroatoms. The second-order valence-electron chi connectivity index (χ2n) is 7.35. The smallest absolute Gasteiger partial charge is 0.257 e. The molecule has 0 atom stereocenters. The minimum atomic E-state index is -0.347. The van der Waals surface area contributed by atoms with Gasteiger partial charge in [-0.2, -0.15) is 0 Å². The van der Waals surface area contributed by atoms with E-state index in [0.717, 1.165) is 27.2 Å². The number of aromatic nitrogens is 3. The molecule has 0 saturated carbocycles. The number of carbonyl (C=O) groups excluding carboxylic acids is 1. The summed E-state index contributed by atoms with van der Waals surface area (Å²) in [6.45, 7) is 3.95. The van der Waals surface area contributed by atoms with Gasteiger partial charge in [-0.3, -0.25) is 15.1 Å².